The summed E-state index contributed by atoms with van der Waals surface area (Å²) in [7, 11) is 0. The van der Waals surface area contributed by atoms with Gasteiger partial charge in [0.05, 0.1) is 0 Å². The number of Topliss-reactive ketones (excluding diaryl/α,β-unsaturated/α-hetero) is 1. The van der Waals surface area contributed by atoms with E-state index in [4.69, 9.17) is 0 Å². The summed E-state index contributed by atoms with van der Waals surface area (Å²) in [6, 6.07) is 6.03. The number of aryl methyl sites for hydroxylation is 1. The van der Waals surface area contributed by atoms with Crippen molar-refractivity contribution in [1.82, 2.24) is 0 Å². The molecule has 0 radical (unpaired) electrons. The van der Waals surface area contributed by atoms with Crippen molar-refractivity contribution in [3.05, 3.63) is 29.3 Å². The number of carbonyl (C=O) groups is 1. The molecule has 70 valence electrons. The first-order chi connectivity index (χ1) is 6.15. The van der Waals surface area contributed by atoms with Crippen LogP contribution in [0.5, 0.6) is 0 Å². The van der Waals surface area contributed by atoms with Crippen molar-refractivity contribution in [3.63, 3.8) is 0 Å². The average molecular weight is 194 g/mol. The first kappa shape index (κ1) is 10.3. The average Bonchev–Trinajstić information content (AvgIpc) is 2.08. The number of hydrogen-bond donors (Lipinski definition) is 0. The second-order valence-electron chi connectivity index (χ2n) is 2.99. The molecule has 0 fully saturated rings. The minimum Gasteiger partial charge on any atom is -0.294 e. The molecule has 0 aliphatic rings. The molecule has 0 atom stereocenters. The first-order valence-electron chi connectivity index (χ1n) is 4.39. The van der Waals surface area contributed by atoms with Crippen molar-refractivity contribution in [3.8, 4) is 0 Å². The number of benzene rings is 1. The third-order valence-corrected chi connectivity index (χ3v) is 2.77. The van der Waals surface area contributed by atoms with Crippen LogP contribution < -0.4 is 0 Å². The quantitative estimate of drug-likeness (QED) is 0.542. The minimum absolute atomic E-state index is 0.152. The largest absolute Gasteiger partial charge is 0.294 e. The Morgan fingerprint density at radius 2 is 2.15 bits per heavy atom. The number of rotatable bonds is 3. The highest BCUT2D eigenvalue weighted by Gasteiger charge is 2.06. The van der Waals surface area contributed by atoms with E-state index in [-0.39, 0.29) is 5.78 Å². The van der Waals surface area contributed by atoms with Gasteiger partial charge in [0.15, 0.2) is 5.78 Å². The predicted molar refractivity (Wildman–Crippen MR) is 57.6 cm³/mol. The monoisotopic (exact) mass is 194 g/mol. The van der Waals surface area contributed by atoms with Crippen molar-refractivity contribution in [1.29, 1.82) is 0 Å². The summed E-state index contributed by atoms with van der Waals surface area (Å²) in [5.74, 6) is 1.16. The summed E-state index contributed by atoms with van der Waals surface area (Å²) >= 11 is 1.72. The molecule has 1 aromatic carbocycles. The van der Waals surface area contributed by atoms with E-state index in [1.807, 2.05) is 25.1 Å². The molecule has 0 unspecified atom stereocenters. The van der Waals surface area contributed by atoms with Crippen LogP contribution in [0.3, 0.4) is 0 Å². The Bertz CT molecular complexity index is 318. The van der Waals surface area contributed by atoms with Gasteiger partial charge in [0.2, 0.25) is 0 Å². The Kier molecular flexibility index (Phi) is 3.55. The van der Waals surface area contributed by atoms with E-state index >= 15 is 0 Å². The van der Waals surface area contributed by atoms with E-state index in [1.54, 1.807) is 18.7 Å². The van der Waals surface area contributed by atoms with Gasteiger partial charge in [0.1, 0.15) is 0 Å². The highest BCUT2D eigenvalue weighted by molar-refractivity contribution is 7.99. The molecule has 1 nitrogen and oxygen atoms in total. The minimum atomic E-state index is 0.152. The summed E-state index contributed by atoms with van der Waals surface area (Å²) in [5, 5.41) is 0. The van der Waals surface area contributed by atoms with Crippen LogP contribution in [0, 0.1) is 6.92 Å². The zero-order valence-corrected chi connectivity index (χ0v) is 9.07. The lowest BCUT2D eigenvalue weighted by Gasteiger charge is -2.05. The molecule has 0 saturated heterocycles. The van der Waals surface area contributed by atoms with Gasteiger partial charge in [0, 0.05) is 10.5 Å². The SMILES string of the molecule is CCSc1ccc(C)cc1C(C)=O. The fourth-order valence-corrected chi connectivity index (χ4v) is 2.03. The Morgan fingerprint density at radius 1 is 1.46 bits per heavy atom. The number of ketones is 1. The van der Waals surface area contributed by atoms with Gasteiger partial charge in [-0.1, -0.05) is 18.6 Å². The van der Waals surface area contributed by atoms with Gasteiger partial charge < -0.3 is 0 Å². The molecule has 0 spiro atoms. The lowest BCUT2D eigenvalue weighted by molar-refractivity contribution is 0.101. The maximum Gasteiger partial charge on any atom is 0.160 e. The van der Waals surface area contributed by atoms with E-state index in [2.05, 4.69) is 6.92 Å². The number of thioether (sulfide) groups is 1. The second kappa shape index (κ2) is 4.47. The van der Waals surface area contributed by atoms with Crippen LogP contribution in [0.2, 0.25) is 0 Å². The number of hydrogen-bond acceptors (Lipinski definition) is 2. The van der Waals surface area contributed by atoms with Crippen LogP contribution in [0.25, 0.3) is 0 Å². The van der Waals surface area contributed by atoms with E-state index in [0.717, 1.165) is 21.8 Å². The molecule has 0 N–H and O–H groups in total. The summed E-state index contributed by atoms with van der Waals surface area (Å²) < 4.78 is 0. The van der Waals surface area contributed by atoms with Crippen molar-refractivity contribution in [2.75, 3.05) is 5.75 Å². The van der Waals surface area contributed by atoms with Crippen LogP contribution >= 0.6 is 11.8 Å². The molecule has 0 aliphatic heterocycles. The van der Waals surface area contributed by atoms with Gasteiger partial charge in [-0.15, -0.1) is 11.8 Å². The Labute approximate surface area is 83.5 Å². The van der Waals surface area contributed by atoms with Crippen molar-refractivity contribution in [2.45, 2.75) is 25.7 Å². The van der Waals surface area contributed by atoms with Gasteiger partial charge in [0.25, 0.3) is 0 Å². The van der Waals surface area contributed by atoms with Gasteiger partial charge in [-0.3, -0.25) is 4.79 Å². The Morgan fingerprint density at radius 3 is 2.69 bits per heavy atom. The Hall–Kier alpha value is -0.760. The van der Waals surface area contributed by atoms with Gasteiger partial charge in [-0.25, -0.2) is 0 Å². The molecular formula is C11H14OS. The smallest absolute Gasteiger partial charge is 0.160 e. The molecule has 13 heavy (non-hydrogen) atoms. The molecule has 0 aliphatic carbocycles. The van der Waals surface area contributed by atoms with Crippen LogP contribution in [0.1, 0.15) is 29.8 Å². The van der Waals surface area contributed by atoms with E-state index in [9.17, 15) is 4.79 Å². The molecule has 0 bridgehead atoms. The summed E-state index contributed by atoms with van der Waals surface area (Å²) in [6.45, 7) is 5.72. The molecule has 0 aromatic heterocycles. The highest BCUT2D eigenvalue weighted by atomic mass is 32.2. The van der Waals surface area contributed by atoms with Crippen molar-refractivity contribution >= 4 is 17.5 Å². The third kappa shape index (κ3) is 2.59. The van der Waals surface area contributed by atoms with Gasteiger partial charge in [-0.2, -0.15) is 0 Å². The lowest BCUT2D eigenvalue weighted by atomic mass is 10.1. The lowest BCUT2D eigenvalue weighted by Crippen LogP contribution is -1.95. The van der Waals surface area contributed by atoms with Gasteiger partial charge in [-0.05, 0) is 31.7 Å². The zero-order chi connectivity index (χ0) is 9.84. The summed E-state index contributed by atoms with van der Waals surface area (Å²) in [5.41, 5.74) is 2.00. The van der Waals surface area contributed by atoms with Crippen molar-refractivity contribution < 1.29 is 4.79 Å². The Balaban J connectivity index is 3.10. The van der Waals surface area contributed by atoms with Gasteiger partial charge >= 0.3 is 0 Å². The van der Waals surface area contributed by atoms with Crippen molar-refractivity contribution in [2.24, 2.45) is 0 Å². The number of carbonyl (C=O) groups excluding carboxylic acids is 1. The topological polar surface area (TPSA) is 17.1 Å². The molecule has 0 amide bonds. The maximum atomic E-state index is 11.3. The second-order valence-corrected chi connectivity index (χ2v) is 4.29. The van der Waals surface area contributed by atoms with E-state index in [0.29, 0.717) is 0 Å². The van der Waals surface area contributed by atoms with Crippen LogP contribution in [-0.2, 0) is 0 Å². The van der Waals surface area contributed by atoms with E-state index in [1.165, 1.54) is 0 Å². The summed E-state index contributed by atoms with van der Waals surface area (Å²) in [4.78, 5) is 12.4. The van der Waals surface area contributed by atoms with E-state index < -0.39 is 0 Å². The predicted octanol–water partition coefficient (Wildman–Crippen LogP) is 3.31. The van der Waals surface area contributed by atoms with Crippen LogP contribution in [0.4, 0.5) is 0 Å². The van der Waals surface area contributed by atoms with Crippen LogP contribution in [0.15, 0.2) is 23.1 Å². The normalized spacial score (nSPS) is 10.1. The molecule has 0 heterocycles. The molecule has 1 aromatic rings. The fraction of sp³-hybridized carbons (Fsp3) is 0.364. The molecule has 1 rings (SSSR count). The molecule has 2 heteroatoms. The zero-order valence-electron chi connectivity index (χ0n) is 8.26. The standard InChI is InChI=1S/C11H14OS/c1-4-13-11-6-5-8(2)7-10(11)9(3)12/h5-7H,4H2,1-3H3. The fourth-order valence-electron chi connectivity index (χ4n) is 1.20. The first-order valence-corrected chi connectivity index (χ1v) is 5.38. The molecule has 0 saturated carbocycles. The highest BCUT2D eigenvalue weighted by Crippen LogP contribution is 2.23. The maximum absolute atomic E-state index is 11.3. The summed E-state index contributed by atoms with van der Waals surface area (Å²) in [6.07, 6.45) is 0. The third-order valence-electron chi connectivity index (χ3n) is 1.81. The van der Waals surface area contributed by atoms with Crippen LogP contribution in [-0.4, -0.2) is 11.5 Å². The molecular weight excluding hydrogens is 180 g/mol.